The van der Waals surface area contributed by atoms with E-state index < -0.39 is 36.7 Å². The van der Waals surface area contributed by atoms with Crippen LogP contribution in [0.2, 0.25) is 0 Å². The van der Waals surface area contributed by atoms with Crippen molar-refractivity contribution in [3.8, 4) is 5.75 Å². The molecular formula is C21H24O8. The molecule has 0 aliphatic carbocycles. The van der Waals surface area contributed by atoms with Gasteiger partial charge in [0.2, 0.25) is 0 Å². The van der Waals surface area contributed by atoms with Gasteiger partial charge in [-0.25, -0.2) is 4.79 Å². The molecule has 5 atom stereocenters. The van der Waals surface area contributed by atoms with E-state index in [9.17, 15) is 20.1 Å². The second-order valence-electron chi connectivity index (χ2n) is 6.64. The number of benzene rings is 2. The molecule has 3 N–H and O–H groups in total. The van der Waals surface area contributed by atoms with E-state index in [4.69, 9.17) is 18.9 Å². The monoisotopic (exact) mass is 404 g/mol. The lowest BCUT2D eigenvalue weighted by Gasteiger charge is -2.39. The van der Waals surface area contributed by atoms with Gasteiger partial charge in [-0.15, -0.1) is 0 Å². The number of aliphatic hydroxyl groups excluding tert-OH is 3. The minimum atomic E-state index is -1.44. The van der Waals surface area contributed by atoms with Gasteiger partial charge in [0.1, 0.15) is 43.4 Å². The maximum Gasteiger partial charge on any atom is 0.338 e. The standard InChI is InChI=1S/C21H24O8/c1-26-19-18(23)17(22)16(29-21(19)25)12-28-20(24)14-7-9-15(10-8-14)27-11-13-5-3-2-4-6-13/h2-10,16-19,21-23,25H,11-12H2,1H3/t16-,17-,18+,19-,21-/m1/s1. The topological polar surface area (TPSA) is 115 Å². The lowest BCUT2D eigenvalue weighted by molar-refractivity contribution is -0.291. The molecule has 8 heteroatoms. The zero-order valence-electron chi connectivity index (χ0n) is 15.9. The van der Waals surface area contributed by atoms with Crippen molar-refractivity contribution < 1.29 is 39.1 Å². The second-order valence-corrected chi connectivity index (χ2v) is 6.64. The Morgan fingerprint density at radius 2 is 1.69 bits per heavy atom. The van der Waals surface area contributed by atoms with Crippen LogP contribution in [-0.2, 0) is 20.8 Å². The van der Waals surface area contributed by atoms with Gasteiger partial charge in [-0.1, -0.05) is 30.3 Å². The van der Waals surface area contributed by atoms with Gasteiger partial charge in [0.05, 0.1) is 5.56 Å². The molecule has 0 amide bonds. The summed E-state index contributed by atoms with van der Waals surface area (Å²) < 4.78 is 20.9. The van der Waals surface area contributed by atoms with Crippen LogP contribution >= 0.6 is 0 Å². The van der Waals surface area contributed by atoms with Crippen LogP contribution in [0.4, 0.5) is 0 Å². The van der Waals surface area contributed by atoms with Gasteiger partial charge in [0.15, 0.2) is 6.29 Å². The van der Waals surface area contributed by atoms with E-state index in [2.05, 4.69) is 0 Å². The zero-order chi connectivity index (χ0) is 20.8. The molecule has 0 unspecified atom stereocenters. The number of esters is 1. The van der Waals surface area contributed by atoms with Crippen LogP contribution in [0, 0.1) is 0 Å². The maximum atomic E-state index is 12.2. The third-order valence-electron chi connectivity index (χ3n) is 4.65. The van der Waals surface area contributed by atoms with Crippen LogP contribution in [0.15, 0.2) is 54.6 Å². The highest BCUT2D eigenvalue weighted by atomic mass is 16.7. The number of methoxy groups -OCH3 is 1. The van der Waals surface area contributed by atoms with Gasteiger partial charge in [-0.3, -0.25) is 0 Å². The summed E-state index contributed by atoms with van der Waals surface area (Å²) >= 11 is 0. The second kappa shape index (κ2) is 9.82. The van der Waals surface area contributed by atoms with Crippen molar-refractivity contribution in [1.29, 1.82) is 0 Å². The molecule has 2 aromatic rings. The molecule has 0 saturated carbocycles. The summed E-state index contributed by atoms with van der Waals surface area (Å²) in [6.07, 6.45) is -6.34. The van der Waals surface area contributed by atoms with Crippen molar-refractivity contribution in [2.45, 2.75) is 37.3 Å². The molecule has 0 spiro atoms. The van der Waals surface area contributed by atoms with Crippen LogP contribution in [-0.4, -0.2) is 65.7 Å². The van der Waals surface area contributed by atoms with Crippen LogP contribution < -0.4 is 4.74 Å². The normalized spacial score (nSPS) is 26.7. The van der Waals surface area contributed by atoms with Crippen LogP contribution in [0.1, 0.15) is 15.9 Å². The Kier molecular flexibility index (Phi) is 7.18. The van der Waals surface area contributed by atoms with Crippen molar-refractivity contribution in [2.24, 2.45) is 0 Å². The summed E-state index contributed by atoms with van der Waals surface area (Å²) in [6.45, 7) is 0.0749. The van der Waals surface area contributed by atoms with Crippen molar-refractivity contribution in [3.05, 3.63) is 65.7 Å². The first-order valence-corrected chi connectivity index (χ1v) is 9.16. The van der Waals surface area contributed by atoms with Crippen molar-refractivity contribution in [1.82, 2.24) is 0 Å². The molecule has 1 fully saturated rings. The molecular weight excluding hydrogens is 380 g/mol. The number of carbonyl (C=O) groups excluding carboxylic acids is 1. The van der Waals surface area contributed by atoms with Gasteiger partial charge in [-0.2, -0.15) is 0 Å². The average Bonchev–Trinajstić information content (AvgIpc) is 2.75. The smallest absolute Gasteiger partial charge is 0.338 e. The van der Waals surface area contributed by atoms with E-state index >= 15 is 0 Å². The number of ether oxygens (including phenoxy) is 4. The first-order valence-electron chi connectivity index (χ1n) is 9.16. The quantitative estimate of drug-likeness (QED) is 0.583. The third-order valence-corrected chi connectivity index (χ3v) is 4.65. The molecule has 0 radical (unpaired) electrons. The molecule has 1 aliphatic heterocycles. The number of rotatable bonds is 7. The zero-order valence-corrected chi connectivity index (χ0v) is 15.9. The summed E-state index contributed by atoms with van der Waals surface area (Å²) in [5.41, 5.74) is 1.32. The number of hydrogen-bond acceptors (Lipinski definition) is 8. The first-order chi connectivity index (χ1) is 14.0. The van der Waals surface area contributed by atoms with Crippen LogP contribution in [0.25, 0.3) is 0 Å². The summed E-state index contributed by atoms with van der Waals surface area (Å²) in [7, 11) is 1.28. The Balaban J connectivity index is 1.50. The lowest BCUT2D eigenvalue weighted by atomic mass is 9.99. The Labute approximate surface area is 168 Å². The minimum absolute atomic E-state index is 0.290. The molecule has 1 heterocycles. The first kappa shape index (κ1) is 21.2. The van der Waals surface area contributed by atoms with Crippen molar-refractivity contribution >= 4 is 5.97 Å². The van der Waals surface area contributed by atoms with E-state index in [1.54, 1.807) is 24.3 Å². The SMILES string of the molecule is CO[C@@H]1[C@@H](O)[C@H](O)[C@@H](COC(=O)c2ccc(OCc3ccccc3)cc2)O[C@H]1O. The fourth-order valence-electron chi connectivity index (χ4n) is 2.98. The van der Waals surface area contributed by atoms with Gasteiger partial charge < -0.3 is 34.3 Å². The maximum absolute atomic E-state index is 12.2. The largest absolute Gasteiger partial charge is 0.489 e. The number of aliphatic hydroxyl groups is 3. The molecule has 0 aromatic heterocycles. The minimum Gasteiger partial charge on any atom is -0.489 e. The Hall–Kier alpha value is -2.49. The Morgan fingerprint density at radius 3 is 2.34 bits per heavy atom. The molecule has 3 rings (SSSR count). The number of carbonyl (C=O) groups is 1. The summed E-state index contributed by atoms with van der Waals surface area (Å²) in [5, 5.41) is 29.8. The predicted molar refractivity (Wildman–Crippen MR) is 101 cm³/mol. The summed E-state index contributed by atoms with van der Waals surface area (Å²) in [4.78, 5) is 12.2. The fourth-order valence-corrected chi connectivity index (χ4v) is 2.98. The lowest BCUT2D eigenvalue weighted by Crippen LogP contribution is -2.59. The molecule has 1 saturated heterocycles. The van der Waals surface area contributed by atoms with E-state index in [-0.39, 0.29) is 6.61 Å². The van der Waals surface area contributed by atoms with Crippen molar-refractivity contribution in [2.75, 3.05) is 13.7 Å². The van der Waals surface area contributed by atoms with Gasteiger partial charge in [0.25, 0.3) is 0 Å². The third kappa shape index (κ3) is 5.31. The average molecular weight is 404 g/mol. The van der Waals surface area contributed by atoms with Gasteiger partial charge in [-0.05, 0) is 29.8 Å². The fraction of sp³-hybridized carbons (Fsp3) is 0.381. The Bertz CT molecular complexity index is 779. The van der Waals surface area contributed by atoms with Crippen molar-refractivity contribution in [3.63, 3.8) is 0 Å². The summed E-state index contributed by atoms with van der Waals surface area (Å²) in [6, 6.07) is 16.1. The highest BCUT2D eigenvalue weighted by Gasteiger charge is 2.44. The van der Waals surface area contributed by atoms with E-state index in [0.717, 1.165) is 5.56 Å². The highest BCUT2D eigenvalue weighted by Crippen LogP contribution is 2.22. The van der Waals surface area contributed by atoms with E-state index in [1.165, 1.54) is 7.11 Å². The molecule has 2 aromatic carbocycles. The predicted octanol–water partition coefficient (Wildman–Crippen LogP) is 0.876. The van der Waals surface area contributed by atoms with Gasteiger partial charge in [0, 0.05) is 7.11 Å². The molecule has 1 aliphatic rings. The van der Waals surface area contributed by atoms with Gasteiger partial charge >= 0.3 is 5.97 Å². The molecule has 29 heavy (non-hydrogen) atoms. The van der Waals surface area contributed by atoms with Crippen LogP contribution in [0.5, 0.6) is 5.75 Å². The van der Waals surface area contributed by atoms with E-state index in [0.29, 0.717) is 17.9 Å². The molecule has 0 bridgehead atoms. The summed E-state index contributed by atoms with van der Waals surface area (Å²) in [5.74, 6) is -0.0263. The Morgan fingerprint density at radius 1 is 1.00 bits per heavy atom. The molecule has 8 nitrogen and oxygen atoms in total. The number of hydrogen-bond donors (Lipinski definition) is 3. The van der Waals surface area contributed by atoms with Crippen LogP contribution in [0.3, 0.4) is 0 Å². The molecule has 156 valence electrons. The van der Waals surface area contributed by atoms with E-state index in [1.807, 2.05) is 30.3 Å². The highest BCUT2D eigenvalue weighted by molar-refractivity contribution is 5.89.